The van der Waals surface area contributed by atoms with Crippen molar-refractivity contribution in [1.29, 1.82) is 0 Å². The van der Waals surface area contributed by atoms with E-state index in [-0.39, 0.29) is 22.6 Å². The van der Waals surface area contributed by atoms with Gasteiger partial charge in [-0.15, -0.1) is 16.8 Å². The van der Waals surface area contributed by atoms with Crippen LogP contribution in [0.4, 0.5) is 5.69 Å². The van der Waals surface area contributed by atoms with Gasteiger partial charge < -0.3 is 15.2 Å². The summed E-state index contributed by atoms with van der Waals surface area (Å²) in [6.45, 7) is 10.0. The third-order valence-corrected chi connectivity index (χ3v) is 6.61. The van der Waals surface area contributed by atoms with Crippen molar-refractivity contribution in [3.05, 3.63) is 81.6 Å². The van der Waals surface area contributed by atoms with E-state index >= 15 is 0 Å². The zero-order valence-electron chi connectivity index (χ0n) is 19.1. The second-order valence-electron chi connectivity index (χ2n) is 7.70. The Morgan fingerprint density at radius 2 is 1.91 bits per heavy atom. The highest BCUT2D eigenvalue weighted by atomic mass is 35.5. The van der Waals surface area contributed by atoms with E-state index in [1.54, 1.807) is 25.1 Å². The predicted molar refractivity (Wildman–Crippen MR) is 138 cm³/mol. The number of rotatable bonds is 9. The number of hydrogen-bond donors (Lipinski definition) is 2. The molecule has 2 N–H and O–H groups in total. The van der Waals surface area contributed by atoms with E-state index in [1.165, 1.54) is 17.8 Å². The van der Waals surface area contributed by atoms with Crippen molar-refractivity contribution in [3.8, 4) is 0 Å². The zero-order valence-corrected chi connectivity index (χ0v) is 21.4. The number of benzene rings is 2. The third-order valence-electron chi connectivity index (χ3n) is 5.09. The molecule has 0 radical (unpaired) electrons. The van der Waals surface area contributed by atoms with Gasteiger partial charge in [-0.3, -0.25) is 9.59 Å². The van der Waals surface area contributed by atoms with Crippen LogP contribution in [0.15, 0.2) is 54.2 Å². The molecule has 2 amide bonds. The second-order valence-corrected chi connectivity index (χ2v) is 9.48. The summed E-state index contributed by atoms with van der Waals surface area (Å²) in [5, 5.41) is 15.5. The first-order chi connectivity index (χ1) is 16.2. The van der Waals surface area contributed by atoms with Gasteiger partial charge in [0.05, 0.1) is 22.4 Å². The Balaban J connectivity index is 1.68. The Kier molecular flexibility index (Phi) is 8.77. The molecule has 0 aliphatic carbocycles. The number of anilines is 1. The van der Waals surface area contributed by atoms with Gasteiger partial charge in [-0.2, -0.15) is 0 Å². The van der Waals surface area contributed by atoms with Crippen molar-refractivity contribution in [2.75, 3.05) is 11.1 Å². The number of aromatic nitrogens is 3. The summed E-state index contributed by atoms with van der Waals surface area (Å²) < 4.78 is 1.81. The third kappa shape index (κ3) is 6.40. The molecule has 3 rings (SSSR count). The molecule has 0 fully saturated rings. The van der Waals surface area contributed by atoms with Crippen LogP contribution >= 0.6 is 35.0 Å². The molecule has 0 spiro atoms. The molecule has 1 atom stereocenters. The van der Waals surface area contributed by atoms with Crippen LogP contribution in [0.3, 0.4) is 0 Å². The molecule has 2 aromatic carbocycles. The van der Waals surface area contributed by atoms with Gasteiger partial charge >= 0.3 is 0 Å². The van der Waals surface area contributed by atoms with Crippen molar-refractivity contribution >= 4 is 52.5 Å². The predicted octanol–water partition coefficient (Wildman–Crippen LogP) is 5.61. The molecule has 10 heteroatoms. The Labute approximate surface area is 212 Å². The number of carbonyl (C=O) groups is 2. The summed E-state index contributed by atoms with van der Waals surface area (Å²) in [5.74, 6) is 0.185. The minimum absolute atomic E-state index is 0.151. The molecule has 1 heterocycles. The van der Waals surface area contributed by atoms with Gasteiger partial charge in [0, 0.05) is 17.3 Å². The van der Waals surface area contributed by atoms with E-state index in [4.69, 9.17) is 23.2 Å². The number of carbonyl (C=O) groups excluding carboxylic acids is 2. The minimum atomic E-state index is -0.467. The van der Waals surface area contributed by atoms with Crippen LogP contribution in [0.1, 0.15) is 40.3 Å². The topological polar surface area (TPSA) is 88.9 Å². The number of amides is 2. The quantitative estimate of drug-likeness (QED) is 0.284. The summed E-state index contributed by atoms with van der Waals surface area (Å²) >= 11 is 13.3. The normalized spacial score (nSPS) is 11.7. The van der Waals surface area contributed by atoms with Gasteiger partial charge in [-0.05, 0) is 62.2 Å². The Hall–Kier alpha value is -2.81. The van der Waals surface area contributed by atoms with Crippen LogP contribution in [0.25, 0.3) is 0 Å². The van der Waals surface area contributed by atoms with Gasteiger partial charge in [0.2, 0.25) is 5.91 Å². The molecular weight excluding hydrogens is 493 g/mol. The molecule has 0 aliphatic heterocycles. The first-order valence-corrected chi connectivity index (χ1v) is 12.2. The molecule has 178 valence electrons. The Bertz CT molecular complexity index is 1230. The van der Waals surface area contributed by atoms with E-state index in [0.29, 0.717) is 28.1 Å². The molecule has 34 heavy (non-hydrogen) atoms. The van der Waals surface area contributed by atoms with E-state index in [9.17, 15) is 9.59 Å². The fourth-order valence-electron chi connectivity index (χ4n) is 3.19. The van der Waals surface area contributed by atoms with E-state index < -0.39 is 6.04 Å². The fourth-order valence-corrected chi connectivity index (χ4v) is 4.44. The number of aryl methyl sites for hydroxylation is 2. The highest BCUT2D eigenvalue weighted by molar-refractivity contribution is 7.99. The van der Waals surface area contributed by atoms with Crippen LogP contribution in [-0.2, 0) is 11.3 Å². The average molecular weight is 518 g/mol. The first kappa shape index (κ1) is 25.8. The SMILES string of the molecule is C=CCn1c(SCC(=O)Nc2ccc(C)c(C)c2)nnc1C(C)NC(=O)c1ccc(Cl)cc1Cl. The maximum Gasteiger partial charge on any atom is 0.253 e. The largest absolute Gasteiger partial charge is 0.342 e. The van der Waals surface area contributed by atoms with Crippen molar-refractivity contribution < 1.29 is 9.59 Å². The highest BCUT2D eigenvalue weighted by Gasteiger charge is 2.21. The summed E-state index contributed by atoms with van der Waals surface area (Å²) in [4.78, 5) is 25.2. The molecule has 1 aromatic heterocycles. The molecule has 0 saturated carbocycles. The molecule has 7 nitrogen and oxygen atoms in total. The number of nitrogens with zero attached hydrogens (tertiary/aromatic N) is 3. The van der Waals surface area contributed by atoms with Crippen molar-refractivity contribution in [2.45, 2.75) is 38.5 Å². The van der Waals surface area contributed by atoms with Crippen LogP contribution in [0.5, 0.6) is 0 Å². The summed E-state index contributed by atoms with van der Waals surface area (Å²) in [6.07, 6.45) is 1.71. The standard InChI is InChI=1S/C24H25Cl2N5O2S/c1-5-10-31-22(16(4)27-23(33)19-9-7-17(25)12-20(19)26)29-30-24(31)34-13-21(32)28-18-8-6-14(2)15(3)11-18/h5-9,11-12,16H,1,10,13H2,2-4H3,(H,27,33)(H,28,32). The molecule has 1 unspecified atom stereocenters. The smallest absolute Gasteiger partial charge is 0.253 e. The monoisotopic (exact) mass is 517 g/mol. The first-order valence-electron chi connectivity index (χ1n) is 10.5. The lowest BCUT2D eigenvalue weighted by molar-refractivity contribution is -0.113. The van der Waals surface area contributed by atoms with E-state index in [0.717, 1.165) is 16.8 Å². The average Bonchev–Trinajstić information content (AvgIpc) is 3.17. The molecule has 0 saturated heterocycles. The number of thioether (sulfide) groups is 1. The molecule has 3 aromatic rings. The maximum absolute atomic E-state index is 12.7. The van der Waals surface area contributed by atoms with Crippen LogP contribution in [0.2, 0.25) is 10.0 Å². The van der Waals surface area contributed by atoms with Gasteiger partial charge in [0.25, 0.3) is 5.91 Å². The van der Waals surface area contributed by atoms with Gasteiger partial charge in [-0.25, -0.2) is 0 Å². The molecule has 0 aliphatic rings. The summed E-state index contributed by atoms with van der Waals surface area (Å²) in [6, 6.07) is 10.00. The van der Waals surface area contributed by atoms with Crippen LogP contribution < -0.4 is 10.6 Å². The van der Waals surface area contributed by atoms with Gasteiger partial charge in [0.15, 0.2) is 11.0 Å². The minimum Gasteiger partial charge on any atom is -0.342 e. The highest BCUT2D eigenvalue weighted by Crippen LogP contribution is 2.24. The van der Waals surface area contributed by atoms with E-state index in [2.05, 4.69) is 27.4 Å². The van der Waals surface area contributed by atoms with Crippen LogP contribution in [0, 0.1) is 13.8 Å². The number of hydrogen-bond acceptors (Lipinski definition) is 5. The number of nitrogens with one attached hydrogen (secondary N) is 2. The lowest BCUT2D eigenvalue weighted by Crippen LogP contribution is -2.29. The van der Waals surface area contributed by atoms with Gasteiger partial charge in [0.1, 0.15) is 0 Å². The molecule has 0 bridgehead atoms. The Morgan fingerprint density at radius 1 is 1.15 bits per heavy atom. The zero-order chi connectivity index (χ0) is 24.8. The van der Waals surface area contributed by atoms with Crippen LogP contribution in [-0.4, -0.2) is 32.3 Å². The Morgan fingerprint density at radius 3 is 2.59 bits per heavy atom. The lowest BCUT2D eigenvalue weighted by atomic mass is 10.1. The number of allylic oxidation sites excluding steroid dienone is 1. The second kappa shape index (κ2) is 11.6. The van der Waals surface area contributed by atoms with Crippen molar-refractivity contribution in [2.24, 2.45) is 0 Å². The van der Waals surface area contributed by atoms with Crippen molar-refractivity contribution in [3.63, 3.8) is 0 Å². The lowest BCUT2D eigenvalue weighted by Gasteiger charge is -2.16. The number of halogens is 2. The molecular formula is C24H25Cl2N5O2S. The maximum atomic E-state index is 12.7. The van der Waals surface area contributed by atoms with Crippen molar-refractivity contribution in [1.82, 2.24) is 20.1 Å². The van der Waals surface area contributed by atoms with Gasteiger partial charge in [-0.1, -0.05) is 47.1 Å². The summed E-state index contributed by atoms with van der Waals surface area (Å²) in [5.41, 5.74) is 3.33. The fraction of sp³-hybridized carbons (Fsp3) is 0.250. The van der Waals surface area contributed by atoms with E-state index in [1.807, 2.05) is 36.6 Å². The summed E-state index contributed by atoms with van der Waals surface area (Å²) in [7, 11) is 0.